The van der Waals surface area contributed by atoms with Crippen LogP contribution in [0.4, 0.5) is 0 Å². The van der Waals surface area contributed by atoms with Gasteiger partial charge in [0.2, 0.25) is 0 Å². The molecule has 0 saturated carbocycles. The van der Waals surface area contributed by atoms with Crippen LogP contribution in [0, 0.1) is 5.92 Å². The molecule has 2 aromatic heterocycles. The fourth-order valence-electron chi connectivity index (χ4n) is 2.59. The van der Waals surface area contributed by atoms with Crippen LogP contribution >= 0.6 is 0 Å². The van der Waals surface area contributed by atoms with E-state index in [2.05, 4.69) is 10.4 Å². The summed E-state index contributed by atoms with van der Waals surface area (Å²) in [6, 6.07) is 5.62. The monoisotopic (exact) mass is 246 g/mol. The van der Waals surface area contributed by atoms with Crippen LogP contribution in [0.1, 0.15) is 19.3 Å². The number of hydrogen-bond acceptors (Lipinski definition) is 3. The zero-order valence-electron chi connectivity index (χ0n) is 10.4. The van der Waals surface area contributed by atoms with Crippen molar-refractivity contribution in [3.63, 3.8) is 0 Å². The lowest BCUT2D eigenvalue weighted by atomic mass is 9.95. The third-order valence-corrected chi connectivity index (χ3v) is 3.70. The summed E-state index contributed by atoms with van der Waals surface area (Å²) >= 11 is 0. The number of pyridine rings is 1. The standard InChI is InChI=1S/C13H18N4O/c18-13-16-9-2-1-3-12(16)15-17(13)10-6-11-4-7-14-8-5-11/h1-3,9,11,14H,4-8,10H2. The van der Waals surface area contributed by atoms with Crippen molar-refractivity contribution in [3.05, 3.63) is 34.9 Å². The summed E-state index contributed by atoms with van der Waals surface area (Å²) in [4.78, 5) is 12.1. The van der Waals surface area contributed by atoms with Crippen molar-refractivity contribution in [1.82, 2.24) is 19.5 Å². The molecule has 3 heterocycles. The second kappa shape index (κ2) is 4.94. The fraction of sp³-hybridized carbons (Fsp3) is 0.538. The van der Waals surface area contributed by atoms with Crippen LogP contribution in [0.5, 0.6) is 0 Å². The van der Waals surface area contributed by atoms with E-state index in [1.807, 2.05) is 18.2 Å². The molecule has 0 radical (unpaired) electrons. The molecule has 2 aromatic rings. The zero-order valence-corrected chi connectivity index (χ0v) is 10.4. The van der Waals surface area contributed by atoms with Gasteiger partial charge in [-0.25, -0.2) is 9.48 Å². The van der Waals surface area contributed by atoms with E-state index in [0.29, 0.717) is 0 Å². The molecule has 3 rings (SSSR count). The Labute approximate surface area is 105 Å². The molecule has 0 amide bonds. The predicted molar refractivity (Wildman–Crippen MR) is 69.7 cm³/mol. The second-order valence-electron chi connectivity index (χ2n) is 4.92. The Kier molecular flexibility index (Phi) is 3.15. The van der Waals surface area contributed by atoms with Gasteiger partial charge < -0.3 is 5.32 Å². The van der Waals surface area contributed by atoms with Crippen LogP contribution in [-0.4, -0.2) is 27.3 Å². The van der Waals surface area contributed by atoms with Gasteiger partial charge in [-0.05, 0) is 50.4 Å². The zero-order chi connectivity index (χ0) is 12.4. The highest BCUT2D eigenvalue weighted by molar-refractivity contribution is 5.35. The number of nitrogens with one attached hydrogen (secondary N) is 1. The third-order valence-electron chi connectivity index (χ3n) is 3.70. The van der Waals surface area contributed by atoms with Crippen molar-refractivity contribution in [2.75, 3.05) is 13.1 Å². The van der Waals surface area contributed by atoms with Crippen molar-refractivity contribution in [2.24, 2.45) is 5.92 Å². The molecule has 5 nitrogen and oxygen atoms in total. The summed E-state index contributed by atoms with van der Waals surface area (Å²) in [5.74, 6) is 0.725. The highest BCUT2D eigenvalue weighted by Gasteiger charge is 2.14. The number of hydrogen-bond donors (Lipinski definition) is 1. The molecular weight excluding hydrogens is 228 g/mol. The summed E-state index contributed by atoms with van der Waals surface area (Å²) in [6.07, 6.45) is 5.24. The third kappa shape index (κ3) is 2.18. The summed E-state index contributed by atoms with van der Waals surface area (Å²) in [5.41, 5.74) is 0.701. The van der Waals surface area contributed by atoms with E-state index >= 15 is 0 Å². The Hall–Kier alpha value is -1.62. The molecule has 96 valence electrons. The van der Waals surface area contributed by atoms with Crippen LogP contribution in [0.3, 0.4) is 0 Å². The number of aryl methyl sites for hydroxylation is 1. The second-order valence-corrected chi connectivity index (χ2v) is 4.92. The Morgan fingerprint density at radius 2 is 2.17 bits per heavy atom. The molecule has 1 N–H and O–H groups in total. The number of aromatic nitrogens is 3. The average molecular weight is 246 g/mol. The Morgan fingerprint density at radius 3 is 2.94 bits per heavy atom. The number of nitrogens with zero attached hydrogens (tertiary/aromatic N) is 3. The maximum Gasteiger partial charge on any atom is 0.350 e. The van der Waals surface area contributed by atoms with Gasteiger partial charge in [-0.15, -0.1) is 5.10 Å². The molecule has 0 spiro atoms. The van der Waals surface area contributed by atoms with E-state index in [4.69, 9.17) is 0 Å². The molecule has 5 heteroatoms. The first-order valence-corrected chi connectivity index (χ1v) is 6.59. The van der Waals surface area contributed by atoms with Gasteiger partial charge in [-0.2, -0.15) is 0 Å². The van der Waals surface area contributed by atoms with Gasteiger partial charge in [0.05, 0.1) is 0 Å². The largest absolute Gasteiger partial charge is 0.350 e. The Bertz CT molecular complexity index is 580. The van der Waals surface area contributed by atoms with Crippen molar-refractivity contribution in [2.45, 2.75) is 25.8 Å². The number of rotatable bonds is 3. The number of fused-ring (bicyclic) bond motifs is 1. The smallest absolute Gasteiger partial charge is 0.317 e. The van der Waals surface area contributed by atoms with Gasteiger partial charge in [0.25, 0.3) is 0 Å². The minimum Gasteiger partial charge on any atom is -0.317 e. The van der Waals surface area contributed by atoms with Crippen LogP contribution in [0.25, 0.3) is 5.65 Å². The highest BCUT2D eigenvalue weighted by atomic mass is 16.2. The van der Waals surface area contributed by atoms with Gasteiger partial charge in [-0.1, -0.05) is 6.07 Å². The topological polar surface area (TPSA) is 51.3 Å². The molecule has 1 aliphatic heterocycles. The van der Waals surface area contributed by atoms with Gasteiger partial charge in [0.1, 0.15) is 0 Å². The van der Waals surface area contributed by atoms with E-state index in [9.17, 15) is 4.79 Å². The minimum atomic E-state index is -0.0282. The summed E-state index contributed by atoms with van der Waals surface area (Å²) in [6.45, 7) is 2.93. The van der Waals surface area contributed by atoms with Crippen molar-refractivity contribution < 1.29 is 0 Å². The molecule has 0 aromatic carbocycles. The molecule has 1 saturated heterocycles. The first kappa shape index (κ1) is 11.5. The minimum absolute atomic E-state index is 0.0282. The maximum absolute atomic E-state index is 12.1. The molecule has 0 unspecified atom stereocenters. The van der Waals surface area contributed by atoms with Gasteiger partial charge in [-0.3, -0.25) is 4.40 Å². The van der Waals surface area contributed by atoms with E-state index in [1.165, 1.54) is 12.8 Å². The highest BCUT2D eigenvalue weighted by Crippen LogP contribution is 2.16. The lowest BCUT2D eigenvalue weighted by Crippen LogP contribution is -2.29. The fourth-order valence-corrected chi connectivity index (χ4v) is 2.59. The molecule has 0 aliphatic carbocycles. The molecule has 1 aliphatic rings. The molecule has 0 bridgehead atoms. The summed E-state index contributed by atoms with van der Waals surface area (Å²) in [7, 11) is 0. The predicted octanol–water partition coefficient (Wildman–Crippen LogP) is 0.886. The lowest BCUT2D eigenvalue weighted by molar-refractivity contribution is 0.330. The first-order chi connectivity index (χ1) is 8.84. The Balaban J connectivity index is 1.74. The van der Waals surface area contributed by atoms with E-state index in [-0.39, 0.29) is 5.69 Å². The van der Waals surface area contributed by atoms with Crippen LogP contribution in [-0.2, 0) is 6.54 Å². The van der Waals surface area contributed by atoms with Crippen LogP contribution in [0.2, 0.25) is 0 Å². The van der Waals surface area contributed by atoms with E-state index in [1.54, 1.807) is 15.3 Å². The van der Waals surface area contributed by atoms with Crippen LogP contribution in [0.15, 0.2) is 29.2 Å². The van der Waals surface area contributed by atoms with E-state index < -0.39 is 0 Å². The molecular formula is C13H18N4O. The van der Waals surface area contributed by atoms with Gasteiger partial charge >= 0.3 is 5.69 Å². The normalized spacial score (nSPS) is 17.3. The van der Waals surface area contributed by atoms with Gasteiger partial charge in [0.15, 0.2) is 5.65 Å². The summed E-state index contributed by atoms with van der Waals surface area (Å²) in [5, 5.41) is 7.71. The quantitative estimate of drug-likeness (QED) is 0.875. The molecule has 0 atom stereocenters. The molecule has 18 heavy (non-hydrogen) atoms. The first-order valence-electron chi connectivity index (χ1n) is 6.59. The average Bonchev–Trinajstić information content (AvgIpc) is 2.75. The van der Waals surface area contributed by atoms with Crippen molar-refractivity contribution in [1.29, 1.82) is 0 Å². The molecule has 1 fully saturated rings. The maximum atomic E-state index is 12.1. The van der Waals surface area contributed by atoms with Crippen molar-refractivity contribution >= 4 is 5.65 Å². The SMILES string of the molecule is O=c1n(CCC2CCNCC2)nc2ccccn12. The Morgan fingerprint density at radius 1 is 1.33 bits per heavy atom. The lowest BCUT2D eigenvalue weighted by Gasteiger charge is -2.21. The van der Waals surface area contributed by atoms with Crippen LogP contribution < -0.4 is 11.0 Å². The van der Waals surface area contributed by atoms with Crippen molar-refractivity contribution in [3.8, 4) is 0 Å². The van der Waals surface area contributed by atoms with E-state index in [0.717, 1.165) is 37.6 Å². The summed E-state index contributed by atoms with van der Waals surface area (Å²) < 4.78 is 3.19. The number of piperidine rings is 1. The van der Waals surface area contributed by atoms with Gasteiger partial charge in [0, 0.05) is 12.7 Å².